The van der Waals surface area contributed by atoms with Crippen molar-refractivity contribution < 1.29 is 18.7 Å². The van der Waals surface area contributed by atoms with Crippen LogP contribution in [0.4, 0.5) is 4.39 Å². The molecule has 0 aliphatic carbocycles. The van der Waals surface area contributed by atoms with Crippen LogP contribution in [0.1, 0.15) is 29.5 Å². The maximum atomic E-state index is 13.4. The maximum Gasteiger partial charge on any atom is 0.256 e. The molecule has 0 radical (unpaired) electrons. The molecule has 0 saturated carbocycles. The van der Waals surface area contributed by atoms with Crippen LogP contribution in [0.3, 0.4) is 0 Å². The Morgan fingerprint density at radius 1 is 1.07 bits per heavy atom. The fourth-order valence-electron chi connectivity index (χ4n) is 4.45. The molecule has 1 fully saturated rings. The van der Waals surface area contributed by atoms with Crippen molar-refractivity contribution in [2.75, 3.05) is 20.3 Å². The summed E-state index contributed by atoms with van der Waals surface area (Å²) in [5.41, 5.74) is 4.87. The average Bonchev–Trinajstić information content (AvgIpc) is 2.94. The molecule has 28 heavy (non-hydrogen) atoms. The monoisotopic (exact) mass is 381 g/mol. The minimum absolute atomic E-state index is 0.110. The summed E-state index contributed by atoms with van der Waals surface area (Å²) in [7, 11) is 1.63. The molecule has 2 aromatic rings. The molecule has 1 amide bonds. The van der Waals surface area contributed by atoms with Gasteiger partial charge in [0, 0.05) is 26.1 Å². The third kappa shape index (κ3) is 2.90. The predicted molar refractivity (Wildman–Crippen MR) is 106 cm³/mol. The van der Waals surface area contributed by atoms with Gasteiger partial charge >= 0.3 is 0 Å². The number of halogens is 1. The van der Waals surface area contributed by atoms with Crippen molar-refractivity contribution >= 4 is 11.5 Å². The van der Waals surface area contributed by atoms with Crippen molar-refractivity contribution in [1.82, 2.24) is 5.32 Å². The summed E-state index contributed by atoms with van der Waals surface area (Å²) in [4.78, 5) is 13.1. The number of carbonyl (C=O) groups excluding carboxylic acids is 1. The third-order valence-corrected chi connectivity index (χ3v) is 5.87. The van der Waals surface area contributed by atoms with Gasteiger partial charge in [-0.2, -0.15) is 0 Å². The molecular formula is C23H24FNO3. The highest BCUT2D eigenvalue weighted by atomic mass is 19.1. The van der Waals surface area contributed by atoms with Gasteiger partial charge in [0.25, 0.3) is 5.91 Å². The van der Waals surface area contributed by atoms with Crippen LogP contribution in [0.15, 0.2) is 42.2 Å². The van der Waals surface area contributed by atoms with Crippen LogP contribution in [0.25, 0.3) is 16.7 Å². The second kappa shape index (κ2) is 7.06. The quantitative estimate of drug-likeness (QED) is 0.869. The van der Waals surface area contributed by atoms with Gasteiger partial charge in [0.15, 0.2) is 0 Å². The van der Waals surface area contributed by atoms with E-state index in [0.29, 0.717) is 37.4 Å². The van der Waals surface area contributed by atoms with Gasteiger partial charge in [0.05, 0.1) is 12.7 Å². The molecule has 2 aliphatic rings. The second-order valence-corrected chi connectivity index (χ2v) is 7.49. The molecule has 0 bridgehead atoms. The highest BCUT2D eigenvalue weighted by Crippen LogP contribution is 2.43. The Kier molecular flexibility index (Phi) is 4.71. The summed E-state index contributed by atoms with van der Waals surface area (Å²) in [6.07, 6.45) is 1.39. The Morgan fingerprint density at radius 3 is 2.39 bits per heavy atom. The lowest BCUT2D eigenvalue weighted by Crippen LogP contribution is -2.49. The highest BCUT2D eigenvalue weighted by molar-refractivity contribution is 6.24. The first-order valence-electron chi connectivity index (χ1n) is 9.52. The van der Waals surface area contributed by atoms with Crippen molar-refractivity contribution in [3.63, 3.8) is 0 Å². The van der Waals surface area contributed by atoms with E-state index in [9.17, 15) is 9.18 Å². The lowest BCUT2D eigenvalue weighted by molar-refractivity contribution is -0.117. The number of nitrogens with one attached hydrogen (secondary N) is 1. The first-order valence-corrected chi connectivity index (χ1v) is 9.52. The van der Waals surface area contributed by atoms with Crippen LogP contribution in [0, 0.1) is 19.7 Å². The smallest absolute Gasteiger partial charge is 0.256 e. The molecule has 2 heterocycles. The molecule has 4 rings (SSSR count). The molecule has 4 nitrogen and oxygen atoms in total. The Hall–Kier alpha value is -2.66. The molecule has 2 aromatic carbocycles. The zero-order chi connectivity index (χ0) is 19.9. The largest absolute Gasteiger partial charge is 0.498 e. The maximum absolute atomic E-state index is 13.4. The minimum atomic E-state index is -0.496. The van der Waals surface area contributed by atoms with Crippen molar-refractivity contribution in [2.24, 2.45) is 0 Å². The summed E-state index contributed by atoms with van der Waals surface area (Å²) >= 11 is 0. The molecule has 2 aliphatic heterocycles. The van der Waals surface area contributed by atoms with E-state index in [1.807, 2.05) is 26.0 Å². The van der Waals surface area contributed by atoms with E-state index in [2.05, 4.69) is 5.32 Å². The minimum Gasteiger partial charge on any atom is -0.498 e. The lowest BCUT2D eigenvalue weighted by Gasteiger charge is -2.34. The van der Waals surface area contributed by atoms with E-state index >= 15 is 0 Å². The van der Waals surface area contributed by atoms with Crippen molar-refractivity contribution in [1.29, 1.82) is 0 Å². The van der Waals surface area contributed by atoms with Gasteiger partial charge in [-0.1, -0.05) is 24.3 Å². The first-order chi connectivity index (χ1) is 13.5. The van der Waals surface area contributed by atoms with Crippen LogP contribution < -0.4 is 5.32 Å². The normalized spacial score (nSPS) is 18.5. The van der Waals surface area contributed by atoms with Gasteiger partial charge < -0.3 is 14.8 Å². The fraction of sp³-hybridized carbons (Fsp3) is 0.348. The van der Waals surface area contributed by atoms with Crippen LogP contribution in [-0.2, 0) is 14.3 Å². The number of hydrogen-bond acceptors (Lipinski definition) is 3. The molecular weight excluding hydrogens is 357 g/mol. The van der Waals surface area contributed by atoms with Crippen molar-refractivity contribution in [2.45, 2.75) is 32.2 Å². The molecule has 0 unspecified atom stereocenters. The van der Waals surface area contributed by atoms with Gasteiger partial charge in [0.1, 0.15) is 17.1 Å². The highest BCUT2D eigenvalue weighted by Gasteiger charge is 2.48. The Morgan fingerprint density at radius 2 is 1.75 bits per heavy atom. The number of amides is 1. The zero-order valence-electron chi connectivity index (χ0n) is 16.4. The van der Waals surface area contributed by atoms with E-state index in [4.69, 9.17) is 9.47 Å². The van der Waals surface area contributed by atoms with E-state index < -0.39 is 5.54 Å². The molecule has 0 aromatic heterocycles. The number of hydrogen-bond donors (Lipinski definition) is 1. The van der Waals surface area contributed by atoms with E-state index in [-0.39, 0.29) is 11.7 Å². The Labute approximate surface area is 164 Å². The van der Waals surface area contributed by atoms with Crippen molar-refractivity contribution in [3.8, 4) is 11.1 Å². The number of aryl methyl sites for hydroxylation is 1. The van der Waals surface area contributed by atoms with Gasteiger partial charge in [-0.25, -0.2) is 4.39 Å². The number of ether oxygens (including phenoxy) is 2. The average molecular weight is 381 g/mol. The van der Waals surface area contributed by atoms with Gasteiger partial charge in [0.2, 0.25) is 0 Å². The Bertz CT molecular complexity index is 957. The summed E-state index contributed by atoms with van der Waals surface area (Å²) in [5.74, 6) is 0.319. The number of carbonyl (C=O) groups is 1. The summed E-state index contributed by atoms with van der Waals surface area (Å²) in [5, 5.41) is 3.17. The zero-order valence-corrected chi connectivity index (χ0v) is 16.4. The standard InChI is InChI=1S/C23H24FNO3/c1-14-4-9-18(16-5-7-17(24)8-6-16)15(2)19(14)20-21(27-3)23(25-22(20)26)10-12-28-13-11-23/h4-9H,10-13H2,1-3H3,(H,25,26). The number of methoxy groups -OCH3 is 1. The Balaban J connectivity index is 1.90. The number of benzene rings is 2. The second-order valence-electron chi connectivity index (χ2n) is 7.49. The fourth-order valence-corrected chi connectivity index (χ4v) is 4.45. The number of rotatable bonds is 3. The molecule has 1 N–H and O–H groups in total. The topological polar surface area (TPSA) is 47.6 Å². The van der Waals surface area contributed by atoms with Gasteiger partial charge in [-0.3, -0.25) is 4.79 Å². The first kappa shape index (κ1) is 18.7. The van der Waals surface area contributed by atoms with E-state index in [1.54, 1.807) is 19.2 Å². The molecule has 5 heteroatoms. The van der Waals surface area contributed by atoms with Crippen LogP contribution in [0.5, 0.6) is 0 Å². The van der Waals surface area contributed by atoms with Crippen molar-refractivity contribution in [3.05, 3.63) is 64.7 Å². The lowest BCUT2D eigenvalue weighted by atomic mass is 9.85. The van der Waals surface area contributed by atoms with Gasteiger partial charge in [-0.05, 0) is 53.8 Å². The SMILES string of the molecule is COC1=C(c2c(C)ccc(-c3ccc(F)cc3)c2C)C(=O)NC12CCOCC2. The van der Waals surface area contributed by atoms with Crippen LogP contribution in [-0.4, -0.2) is 31.8 Å². The predicted octanol–water partition coefficient (Wildman–Crippen LogP) is 4.15. The molecule has 146 valence electrons. The molecule has 1 spiro atoms. The van der Waals surface area contributed by atoms with Gasteiger partial charge in [-0.15, -0.1) is 0 Å². The van der Waals surface area contributed by atoms with Crippen LogP contribution >= 0.6 is 0 Å². The third-order valence-electron chi connectivity index (χ3n) is 5.87. The van der Waals surface area contributed by atoms with E-state index in [0.717, 1.165) is 27.8 Å². The van der Waals surface area contributed by atoms with Crippen LogP contribution in [0.2, 0.25) is 0 Å². The molecule has 0 atom stereocenters. The summed E-state index contributed by atoms with van der Waals surface area (Å²) < 4.78 is 24.7. The van der Waals surface area contributed by atoms with E-state index in [1.165, 1.54) is 12.1 Å². The molecule has 1 saturated heterocycles. The summed E-state index contributed by atoms with van der Waals surface area (Å²) in [6.45, 7) is 5.19. The summed E-state index contributed by atoms with van der Waals surface area (Å²) in [6, 6.07) is 10.4.